The van der Waals surface area contributed by atoms with Crippen molar-refractivity contribution < 1.29 is 4.74 Å². The van der Waals surface area contributed by atoms with Gasteiger partial charge in [0.25, 0.3) is 0 Å². The van der Waals surface area contributed by atoms with Crippen LogP contribution in [0.1, 0.15) is 23.4 Å². The lowest BCUT2D eigenvalue weighted by Gasteiger charge is -2.16. The average Bonchev–Trinajstić information content (AvgIpc) is 2.86. The number of rotatable bonds is 4. The number of nitrogens with zero attached hydrogens (tertiary/aromatic N) is 1. The van der Waals surface area contributed by atoms with Crippen molar-refractivity contribution in [2.75, 3.05) is 12.4 Å². The van der Waals surface area contributed by atoms with Crippen molar-refractivity contribution in [1.82, 2.24) is 0 Å². The van der Waals surface area contributed by atoms with E-state index < -0.39 is 0 Å². The lowest BCUT2D eigenvalue weighted by molar-refractivity contribution is 0.416. The smallest absolute Gasteiger partial charge is 0.143 e. The minimum absolute atomic E-state index is 0.179. The molecular formula is C14H13BrN2OS. The Hall–Kier alpha value is -1.51. The molecule has 19 heavy (non-hydrogen) atoms. The highest BCUT2D eigenvalue weighted by molar-refractivity contribution is 9.11. The van der Waals surface area contributed by atoms with Gasteiger partial charge in [-0.3, -0.25) is 0 Å². The molecule has 1 atom stereocenters. The van der Waals surface area contributed by atoms with Crippen LogP contribution in [0, 0.1) is 11.3 Å². The van der Waals surface area contributed by atoms with E-state index in [2.05, 4.69) is 40.3 Å². The second-order valence-corrected chi connectivity index (χ2v) is 6.53. The summed E-state index contributed by atoms with van der Waals surface area (Å²) in [4.78, 5) is 1.23. The molecule has 0 aliphatic heterocycles. The number of nitrogens with one attached hydrogen (secondary N) is 1. The van der Waals surface area contributed by atoms with E-state index >= 15 is 0 Å². The van der Waals surface area contributed by atoms with Crippen LogP contribution in [0.2, 0.25) is 0 Å². The maximum absolute atomic E-state index is 8.88. The summed E-state index contributed by atoms with van der Waals surface area (Å²) in [6, 6.07) is 11.8. The van der Waals surface area contributed by atoms with Crippen LogP contribution in [0.25, 0.3) is 0 Å². The number of halogens is 1. The number of ether oxygens (including phenoxy) is 1. The number of benzene rings is 1. The molecule has 1 aromatic heterocycles. The molecule has 0 aliphatic carbocycles. The van der Waals surface area contributed by atoms with Crippen LogP contribution < -0.4 is 10.1 Å². The topological polar surface area (TPSA) is 45.0 Å². The second kappa shape index (κ2) is 6.09. The summed E-state index contributed by atoms with van der Waals surface area (Å²) in [7, 11) is 1.61. The molecule has 0 fully saturated rings. The average molecular weight is 337 g/mol. The summed E-state index contributed by atoms with van der Waals surface area (Å²) in [6.07, 6.45) is 0. The molecule has 1 unspecified atom stereocenters. The highest BCUT2D eigenvalue weighted by atomic mass is 79.9. The second-order valence-electron chi connectivity index (χ2n) is 4.03. The fourth-order valence-electron chi connectivity index (χ4n) is 1.75. The van der Waals surface area contributed by atoms with E-state index in [0.29, 0.717) is 11.3 Å². The molecular weight excluding hydrogens is 324 g/mol. The minimum atomic E-state index is 0.179. The Morgan fingerprint density at radius 1 is 1.37 bits per heavy atom. The van der Waals surface area contributed by atoms with E-state index in [4.69, 9.17) is 10.00 Å². The van der Waals surface area contributed by atoms with Gasteiger partial charge in [-0.05, 0) is 47.1 Å². The van der Waals surface area contributed by atoms with Gasteiger partial charge in [-0.25, -0.2) is 0 Å². The van der Waals surface area contributed by atoms with Gasteiger partial charge in [0.2, 0.25) is 0 Å². The Kier molecular flexibility index (Phi) is 4.46. The largest absolute Gasteiger partial charge is 0.495 e. The standard InChI is InChI=1S/C14H13BrN2OS/c1-9(13-5-6-14(15)19-13)17-11-4-3-10(8-16)7-12(11)18-2/h3-7,9,17H,1-2H3. The Morgan fingerprint density at radius 2 is 2.16 bits per heavy atom. The summed E-state index contributed by atoms with van der Waals surface area (Å²) >= 11 is 5.16. The van der Waals surface area contributed by atoms with Gasteiger partial charge in [0.05, 0.1) is 34.3 Å². The molecule has 98 valence electrons. The lowest BCUT2D eigenvalue weighted by Crippen LogP contribution is -2.06. The Bertz CT molecular complexity index is 618. The highest BCUT2D eigenvalue weighted by Gasteiger charge is 2.11. The van der Waals surface area contributed by atoms with Crippen molar-refractivity contribution >= 4 is 33.0 Å². The van der Waals surface area contributed by atoms with Crippen LogP contribution in [0.3, 0.4) is 0 Å². The van der Waals surface area contributed by atoms with Crippen LogP contribution in [0.4, 0.5) is 5.69 Å². The van der Waals surface area contributed by atoms with Gasteiger partial charge in [0, 0.05) is 10.9 Å². The van der Waals surface area contributed by atoms with Crippen LogP contribution in [-0.2, 0) is 0 Å². The number of thiophene rings is 1. The third-order valence-electron chi connectivity index (χ3n) is 2.72. The molecule has 0 aliphatic rings. The van der Waals surface area contributed by atoms with E-state index in [1.54, 1.807) is 30.6 Å². The van der Waals surface area contributed by atoms with Crippen molar-refractivity contribution in [1.29, 1.82) is 5.26 Å². The predicted molar refractivity (Wildman–Crippen MR) is 81.8 cm³/mol. The van der Waals surface area contributed by atoms with Crippen molar-refractivity contribution in [3.05, 3.63) is 44.6 Å². The van der Waals surface area contributed by atoms with E-state index in [0.717, 1.165) is 9.47 Å². The molecule has 0 bridgehead atoms. The first kappa shape index (κ1) is 13.9. The zero-order chi connectivity index (χ0) is 13.8. The molecule has 5 heteroatoms. The summed E-state index contributed by atoms with van der Waals surface area (Å²) in [5.74, 6) is 0.682. The SMILES string of the molecule is COc1cc(C#N)ccc1NC(C)c1ccc(Br)s1. The molecule has 2 aromatic rings. The molecule has 0 spiro atoms. The number of anilines is 1. The number of hydrogen-bond acceptors (Lipinski definition) is 4. The molecule has 2 rings (SSSR count). The lowest BCUT2D eigenvalue weighted by atomic mass is 10.2. The van der Waals surface area contributed by atoms with E-state index in [9.17, 15) is 0 Å². The van der Waals surface area contributed by atoms with E-state index in [1.807, 2.05) is 12.1 Å². The first-order valence-electron chi connectivity index (χ1n) is 5.74. The predicted octanol–water partition coefficient (Wildman–Crippen LogP) is 4.56. The summed E-state index contributed by atoms with van der Waals surface area (Å²) in [5.41, 5.74) is 1.48. The van der Waals surface area contributed by atoms with Crippen molar-refractivity contribution in [3.63, 3.8) is 0 Å². The van der Waals surface area contributed by atoms with Crippen molar-refractivity contribution in [2.24, 2.45) is 0 Å². The highest BCUT2D eigenvalue weighted by Crippen LogP contribution is 2.32. The fourth-order valence-corrected chi connectivity index (χ4v) is 3.17. The molecule has 1 heterocycles. The fraction of sp³-hybridized carbons (Fsp3) is 0.214. The molecule has 0 amide bonds. The van der Waals surface area contributed by atoms with Gasteiger partial charge in [0.1, 0.15) is 5.75 Å². The maximum atomic E-state index is 8.88. The molecule has 3 nitrogen and oxygen atoms in total. The van der Waals surface area contributed by atoms with Gasteiger partial charge in [-0.1, -0.05) is 0 Å². The normalized spacial score (nSPS) is 11.7. The number of hydrogen-bond donors (Lipinski definition) is 1. The molecule has 0 saturated heterocycles. The first-order valence-corrected chi connectivity index (χ1v) is 7.35. The summed E-state index contributed by atoms with van der Waals surface area (Å²) in [5, 5.41) is 12.3. The van der Waals surface area contributed by atoms with Crippen molar-refractivity contribution in [3.8, 4) is 11.8 Å². The Labute approximate surface area is 125 Å². The van der Waals surface area contributed by atoms with Crippen LogP contribution in [0.15, 0.2) is 34.1 Å². The molecule has 0 radical (unpaired) electrons. The first-order chi connectivity index (χ1) is 9.13. The van der Waals surface area contributed by atoms with E-state index in [-0.39, 0.29) is 6.04 Å². The van der Waals surface area contributed by atoms with E-state index in [1.165, 1.54) is 4.88 Å². The zero-order valence-electron chi connectivity index (χ0n) is 10.6. The van der Waals surface area contributed by atoms with Gasteiger partial charge in [0.15, 0.2) is 0 Å². The molecule has 1 aromatic carbocycles. The monoisotopic (exact) mass is 336 g/mol. The van der Waals surface area contributed by atoms with Crippen LogP contribution >= 0.6 is 27.3 Å². The third kappa shape index (κ3) is 3.28. The summed E-state index contributed by atoms with van der Waals surface area (Å²) < 4.78 is 6.42. The number of methoxy groups -OCH3 is 1. The quantitative estimate of drug-likeness (QED) is 0.889. The van der Waals surface area contributed by atoms with Crippen LogP contribution in [0.5, 0.6) is 5.75 Å². The Balaban J connectivity index is 2.21. The van der Waals surface area contributed by atoms with Gasteiger partial charge in [-0.15, -0.1) is 11.3 Å². The Morgan fingerprint density at radius 3 is 2.74 bits per heavy atom. The molecule has 1 N–H and O–H groups in total. The van der Waals surface area contributed by atoms with Crippen LogP contribution in [-0.4, -0.2) is 7.11 Å². The van der Waals surface area contributed by atoms with Gasteiger partial charge < -0.3 is 10.1 Å². The zero-order valence-corrected chi connectivity index (χ0v) is 13.0. The molecule has 0 saturated carbocycles. The summed E-state index contributed by atoms with van der Waals surface area (Å²) in [6.45, 7) is 2.09. The number of nitriles is 1. The van der Waals surface area contributed by atoms with Gasteiger partial charge >= 0.3 is 0 Å². The maximum Gasteiger partial charge on any atom is 0.143 e. The minimum Gasteiger partial charge on any atom is -0.495 e. The van der Waals surface area contributed by atoms with Gasteiger partial charge in [-0.2, -0.15) is 5.26 Å². The van der Waals surface area contributed by atoms with Crippen molar-refractivity contribution in [2.45, 2.75) is 13.0 Å². The third-order valence-corrected chi connectivity index (χ3v) is 4.53.